The highest BCUT2D eigenvalue weighted by Gasteiger charge is 2.52. The Balaban J connectivity index is 1.33. The summed E-state index contributed by atoms with van der Waals surface area (Å²) in [6.45, 7) is 8.52. The summed E-state index contributed by atoms with van der Waals surface area (Å²) in [6, 6.07) is 12.1. The van der Waals surface area contributed by atoms with E-state index in [4.69, 9.17) is 14.0 Å². The molecule has 3 aliphatic rings. The van der Waals surface area contributed by atoms with Gasteiger partial charge in [-0.3, -0.25) is 9.88 Å². The topological polar surface area (TPSA) is 60.9 Å². The van der Waals surface area contributed by atoms with Crippen molar-refractivity contribution in [2.75, 3.05) is 0 Å². The summed E-state index contributed by atoms with van der Waals surface area (Å²) in [6.07, 6.45) is 9.58. The summed E-state index contributed by atoms with van der Waals surface area (Å²) < 4.78 is 18.1. The van der Waals surface area contributed by atoms with Gasteiger partial charge >= 0.3 is 13.2 Å². The number of benzene rings is 1. The van der Waals surface area contributed by atoms with Crippen molar-refractivity contribution >= 4 is 24.2 Å². The Morgan fingerprint density at radius 2 is 1.85 bits per heavy atom. The molecule has 178 valence electrons. The van der Waals surface area contributed by atoms with Crippen LogP contribution < -0.4 is 5.46 Å². The molecule has 2 fully saturated rings. The summed E-state index contributed by atoms with van der Waals surface area (Å²) in [7, 11) is -0.439. The molecule has 5 rings (SSSR count). The fraction of sp³-hybridized carbons (Fsp3) is 0.481. The first-order valence-corrected chi connectivity index (χ1v) is 12.2. The van der Waals surface area contributed by atoms with E-state index in [2.05, 4.69) is 44.8 Å². The Bertz CT molecular complexity index is 1070. The third-order valence-electron chi connectivity index (χ3n) is 7.71. The van der Waals surface area contributed by atoms with Gasteiger partial charge in [0.1, 0.15) is 6.61 Å². The lowest BCUT2D eigenvalue weighted by Crippen LogP contribution is -2.51. The van der Waals surface area contributed by atoms with Crippen molar-refractivity contribution in [3.8, 4) is 0 Å². The van der Waals surface area contributed by atoms with Gasteiger partial charge in [-0.1, -0.05) is 42.5 Å². The quantitative estimate of drug-likeness (QED) is 0.618. The zero-order valence-corrected chi connectivity index (χ0v) is 20.5. The van der Waals surface area contributed by atoms with Crippen LogP contribution in [-0.4, -0.2) is 46.4 Å². The van der Waals surface area contributed by atoms with Crippen LogP contribution in [-0.2, 0) is 20.7 Å². The van der Waals surface area contributed by atoms with E-state index in [0.29, 0.717) is 6.61 Å². The highest BCUT2D eigenvalue weighted by molar-refractivity contribution is 6.62. The zero-order chi connectivity index (χ0) is 23.9. The Morgan fingerprint density at radius 3 is 2.56 bits per heavy atom. The molecular formula is C27H33BN2O4. The molecule has 2 bridgehead atoms. The summed E-state index contributed by atoms with van der Waals surface area (Å²) in [5.41, 5.74) is 3.44. The molecule has 0 aliphatic carbocycles. The largest absolute Gasteiger partial charge is 0.496 e. The van der Waals surface area contributed by atoms with Crippen LogP contribution in [0.4, 0.5) is 4.79 Å². The maximum atomic E-state index is 13.0. The molecule has 0 radical (unpaired) electrons. The van der Waals surface area contributed by atoms with Gasteiger partial charge in [0.05, 0.1) is 17.2 Å². The number of amides is 1. The number of nitrogens with zero attached hydrogens (tertiary/aromatic N) is 2. The van der Waals surface area contributed by atoms with Crippen molar-refractivity contribution in [1.29, 1.82) is 0 Å². The lowest BCUT2D eigenvalue weighted by molar-refractivity contribution is 0.00578. The fourth-order valence-electron chi connectivity index (χ4n) is 5.06. The van der Waals surface area contributed by atoms with Gasteiger partial charge in [0.15, 0.2) is 0 Å². The van der Waals surface area contributed by atoms with E-state index >= 15 is 0 Å². The minimum absolute atomic E-state index is 0.0475. The Kier molecular flexibility index (Phi) is 6.03. The summed E-state index contributed by atoms with van der Waals surface area (Å²) in [5, 5.41) is 0. The molecule has 0 spiro atoms. The van der Waals surface area contributed by atoms with Crippen molar-refractivity contribution in [1.82, 2.24) is 9.88 Å². The third kappa shape index (κ3) is 4.39. The van der Waals surface area contributed by atoms with E-state index in [1.54, 1.807) is 0 Å². The average molecular weight is 460 g/mol. The zero-order valence-electron chi connectivity index (χ0n) is 20.5. The number of hydrogen-bond donors (Lipinski definition) is 0. The predicted molar refractivity (Wildman–Crippen MR) is 132 cm³/mol. The second kappa shape index (κ2) is 8.86. The molecule has 7 heteroatoms. The molecule has 1 aromatic heterocycles. The molecule has 6 nitrogen and oxygen atoms in total. The van der Waals surface area contributed by atoms with E-state index in [1.807, 2.05) is 47.6 Å². The average Bonchev–Trinajstić information content (AvgIpc) is 3.04. The smallest absolute Gasteiger partial charge is 0.445 e. The van der Waals surface area contributed by atoms with Gasteiger partial charge in [-0.15, -0.1) is 0 Å². The summed E-state index contributed by atoms with van der Waals surface area (Å²) in [4.78, 5) is 19.5. The van der Waals surface area contributed by atoms with E-state index in [-0.39, 0.29) is 18.2 Å². The SMILES string of the molecule is CC1(C)OB(c2cncc(C3=CC4CCCC(C3)N4C(=O)OCc3ccccc3)c2)OC1(C)C. The van der Waals surface area contributed by atoms with Crippen LogP contribution >= 0.6 is 0 Å². The van der Waals surface area contributed by atoms with Crippen LogP contribution in [0.1, 0.15) is 64.5 Å². The minimum Gasteiger partial charge on any atom is -0.445 e. The number of piperidine rings is 1. The first-order chi connectivity index (χ1) is 16.2. The maximum absolute atomic E-state index is 13.0. The Hall–Kier alpha value is -2.64. The first kappa shape index (κ1) is 23.1. The van der Waals surface area contributed by atoms with Crippen molar-refractivity contribution in [2.45, 2.75) is 83.3 Å². The maximum Gasteiger partial charge on any atom is 0.496 e. The number of pyridine rings is 1. The molecule has 2 atom stereocenters. The van der Waals surface area contributed by atoms with Gasteiger partial charge in [-0.25, -0.2) is 4.79 Å². The number of hydrogen-bond acceptors (Lipinski definition) is 5. The van der Waals surface area contributed by atoms with E-state index in [9.17, 15) is 4.79 Å². The van der Waals surface area contributed by atoms with Gasteiger partial charge in [0.2, 0.25) is 0 Å². The van der Waals surface area contributed by atoms with Crippen LogP contribution in [0, 0.1) is 0 Å². The number of carbonyl (C=O) groups is 1. The van der Waals surface area contributed by atoms with Gasteiger partial charge in [0.25, 0.3) is 0 Å². The molecule has 1 amide bonds. The molecule has 2 saturated heterocycles. The number of aromatic nitrogens is 1. The number of carbonyl (C=O) groups excluding carboxylic acids is 1. The van der Waals surface area contributed by atoms with E-state index < -0.39 is 18.3 Å². The van der Waals surface area contributed by atoms with Crippen molar-refractivity contribution in [3.63, 3.8) is 0 Å². The third-order valence-corrected chi connectivity index (χ3v) is 7.71. The second-order valence-corrected chi connectivity index (χ2v) is 10.6. The van der Waals surface area contributed by atoms with E-state index in [0.717, 1.165) is 42.3 Å². The van der Waals surface area contributed by atoms with Crippen LogP contribution in [0.25, 0.3) is 5.57 Å². The molecule has 2 unspecified atom stereocenters. The van der Waals surface area contributed by atoms with Crippen LogP contribution in [0.3, 0.4) is 0 Å². The van der Waals surface area contributed by atoms with Crippen molar-refractivity contribution in [3.05, 3.63) is 66.0 Å². The Labute approximate surface area is 202 Å². The second-order valence-electron chi connectivity index (χ2n) is 10.6. The summed E-state index contributed by atoms with van der Waals surface area (Å²) >= 11 is 0. The highest BCUT2D eigenvalue weighted by atomic mass is 16.7. The van der Waals surface area contributed by atoms with Crippen molar-refractivity contribution < 1.29 is 18.8 Å². The molecule has 4 heterocycles. The Morgan fingerprint density at radius 1 is 1.12 bits per heavy atom. The first-order valence-electron chi connectivity index (χ1n) is 12.2. The summed E-state index contributed by atoms with van der Waals surface area (Å²) in [5.74, 6) is 0. The van der Waals surface area contributed by atoms with Gasteiger partial charge < -0.3 is 14.0 Å². The molecule has 34 heavy (non-hydrogen) atoms. The number of fused-ring (bicyclic) bond motifs is 2. The monoisotopic (exact) mass is 460 g/mol. The van der Waals surface area contributed by atoms with Crippen LogP contribution in [0.2, 0.25) is 0 Å². The van der Waals surface area contributed by atoms with Crippen LogP contribution in [0.5, 0.6) is 0 Å². The lowest BCUT2D eigenvalue weighted by Gasteiger charge is -2.44. The van der Waals surface area contributed by atoms with Gasteiger partial charge in [-0.2, -0.15) is 0 Å². The molecular weight excluding hydrogens is 427 g/mol. The predicted octanol–water partition coefficient (Wildman–Crippen LogP) is 4.73. The fourth-order valence-corrected chi connectivity index (χ4v) is 5.06. The molecule has 1 aromatic carbocycles. The lowest BCUT2D eigenvalue weighted by atomic mass is 9.78. The molecule has 0 N–H and O–H groups in total. The normalized spacial score (nSPS) is 25.1. The molecule has 3 aliphatic heterocycles. The molecule has 2 aromatic rings. The van der Waals surface area contributed by atoms with Crippen LogP contribution in [0.15, 0.2) is 54.9 Å². The van der Waals surface area contributed by atoms with E-state index in [1.165, 1.54) is 5.57 Å². The minimum atomic E-state index is -0.439. The highest BCUT2D eigenvalue weighted by Crippen LogP contribution is 2.39. The van der Waals surface area contributed by atoms with Gasteiger partial charge in [0, 0.05) is 23.9 Å². The van der Waals surface area contributed by atoms with Crippen molar-refractivity contribution in [2.24, 2.45) is 0 Å². The van der Waals surface area contributed by atoms with Gasteiger partial charge in [-0.05, 0) is 70.1 Å². The number of ether oxygens (including phenoxy) is 1. The number of rotatable bonds is 4. The standard InChI is InChI=1S/C27H33BN2O4/c1-26(2)27(3,4)34-28(33-26)22-13-21(16-29-17-22)20-14-23-11-8-12-24(15-20)30(23)25(31)32-18-19-9-6-5-7-10-19/h5-7,9-10,13-14,16-17,23-24H,8,11-12,15,18H2,1-4H3. The molecule has 0 saturated carbocycles.